The molecule has 0 saturated heterocycles. The van der Waals surface area contributed by atoms with Crippen molar-refractivity contribution in [1.29, 1.82) is 0 Å². The lowest BCUT2D eigenvalue weighted by Gasteiger charge is -2.23. The van der Waals surface area contributed by atoms with E-state index in [-0.39, 0.29) is 12.4 Å². The highest BCUT2D eigenvalue weighted by atomic mass is 35.5. The molecule has 1 aromatic carbocycles. The predicted octanol–water partition coefficient (Wildman–Crippen LogP) is 4.92. The van der Waals surface area contributed by atoms with Crippen molar-refractivity contribution >= 4 is 24.1 Å². The maximum absolute atomic E-state index is 5.04. The number of aryl methyl sites for hydroxylation is 3. The maximum atomic E-state index is 5.04. The molecule has 0 radical (unpaired) electrons. The standard InChI is InChI=1S/C25H24N6.ClH/c1-16-6-3-4-7-20(16)21-8-5-11-31-25(21)28-24(29-31)19-12-18-9-10-23(27-22(18)13-19)30-14-17(2)26-15-30;/h3-4,6-7,9-10,13-15,21H,5,8,11-12H2,1-2H3;1H. The molecular weight excluding hydrogens is 420 g/mol. The van der Waals surface area contributed by atoms with E-state index in [0.717, 1.165) is 60.2 Å². The highest BCUT2D eigenvalue weighted by Crippen LogP contribution is 2.36. The Labute approximate surface area is 193 Å². The lowest BCUT2D eigenvalue weighted by atomic mass is 9.88. The Balaban J connectivity index is 0.00000216. The summed E-state index contributed by atoms with van der Waals surface area (Å²) in [5, 5.41) is 4.90. The van der Waals surface area contributed by atoms with Gasteiger partial charge < -0.3 is 0 Å². The molecule has 4 aromatic rings. The molecule has 0 bridgehead atoms. The molecule has 4 heterocycles. The van der Waals surface area contributed by atoms with Gasteiger partial charge in [-0.25, -0.2) is 19.6 Å². The summed E-state index contributed by atoms with van der Waals surface area (Å²) in [6, 6.07) is 12.9. The van der Waals surface area contributed by atoms with Crippen molar-refractivity contribution in [2.45, 2.75) is 45.6 Å². The zero-order chi connectivity index (χ0) is 20.9. The van der Waals surface area contributed by atoms with Crippen LogP contribution in [0.3, 0.4) is 0 Å². The molecule has 0 saturated carbocycles. The molecule has 6 nitrogen and oxygen atoms in total. The van der Waals surface area contributed by atoms with Gasteiger partial charge in [0.15, 0.2) is 5.82 Å². The number of benzene rings is 1. The van der Waals surface area contributed by atoms with Gasteiger partial charge in [0.2, 0.25) is 0 Å². The molecule has 162 valence electrons. The molecule has 0 fully saturated rings. The normalized spacial score (nSPS) is 16.8. The van der Waals surface area contributed by atoms with Crippen LogP contribution < -0.4 is 0 Å². The van der Waals surface area contributed by atoms with E-state index in [1.165, 1.54) is 16.7 Å². The van der Waals surface area contributed by atoms with Crippen LogP contribution in [0.25, 0.3) is 17.5 Å². The molecule has 1 aliphatic carbocycles. The third-order valence-corrected chi connectivity index (χ3v) is 6.39. The van der Waals surface area contributed by atoms with Crippen molar-refractivity contribution in [1.82, 2.24) is 29.3 Å². The average Bonchev–Trinajstić information content (AvgIpc) is 3.50. The first-order valence-corrected chi connectivity index (χ1v) is 10.9. The summed E-state index contributed by atoms with van der Waals surface area (Å²) in [4.78, 5) is 14.2. The van der Waals surface area contributed by atoms with Crippen molar-refractivity contribution in [3.63, 3.8) is 0 Å². The van der Waals surface area contributed by atoms with E-state index >= 15 is 0 Å². The fourth-order valence-corrected chi connectivity index (χ4v) is 4.78. The highest BCUT2D eigenvalue weighted by molar-refractivity contribution is 5.85. The summed E-state index contributed by atoms with van der Waals surface area (Å²) < 4.78 is 4.08. The second kappa shape index (κ2) is 8.02. The number of pyridine rings is 1. The first-order valence-electron chi connectivity index (χ1n) is 10.9. The predicted molar refractivity (Wildman–Crippen MR) is 127 cm³/mol. The van der Waals surface area contributed by atoms with Gasteiger partial charge >= 0.3 is 0 Å². The number of nitrogens with zero attached hydrogens (tertiary/aromatic N) is 6. The summed E-state index contributed by atoms with van der Waals surface area (Å²) >= 11 is 0. The number of allylic oxidation sites excluding steroid dienone is 1. The zero-order valence-corrected chi connectivity index (χ0v) is 19.0. The van der Waals surface area contributed by atoms with Crippen LogP contribution in [0.15, 0.2) is 48.9 Å². The maximum Gasteiger partial charge on any atom is 0.177 e. The number of imidazole rings is 1. The first-order chi connectivity index (χ1) is 15.2. The minimum absolute atomic E-state index is 0. The fourth-order valence-electron chi connectivity index (χ4n) is 4.78. The number of fused-ring (bicyclic) bond motifs is 2. The lowest BCUT2D eigenvalue weighted by molar-refractivity contribution is 0.445. The first kappa shape index (κ1) is 20.6. The minimum atomic E-state index is 0. The van der Waals surface area contributed by atoms with E-state index in [0.29, 0.717) is 5.92 Å². The molecule has 1 atom stereocenters. The highest BCUT2D eigenvalue weighted by Gasteiger charge is 2.28. The fraction of sp³-hybridized carbons (Fsp3) is 0.280. The third kappa shape index (κ3) is 3.45. The summed E-state index contributed by atoms with van der Waals surface area (Å²) in [7, 11) is 0. The molecule has 6 rings (SSSR count). The molecular formula is C25H25ClN6. The van der Waals surface area contributed by atoms with Gasteiger partial charge in [0.1, 0.15) is 18.0 Å². The van der Waals surface area contributed by atoms with E-state index in [4.69, 9.17) is 15.1 Å². The van der Waals surface area contributed by atoms with Crippen molar-refractivity contribution in [2.24, 2.45) is 0 Å². The van der Waals surface area contributed by atoms with E-state index in [1.807, 2.05) is 17.7 Å². The van der Waals surface area contributed by atoms with Crippen LogP contribution in [-0.2, 0) is 13.0 Å². The Morgan fingerprint density at radius 2 is 1.91 bits per heavy atom. The Morgan fingerprint density at radius 1 is 1.03 bits per heavy atom. The Hall–Kier alpha value is -3.25. The van der Waals surface area contributed by atoms with Gasteiger partial charge in [-0.2, -0.15) is 5.10 Å². The number of hydrogen-bond donors (Lipinski definition) is 0. The SMILES string of the molecule is Cc1cn(-c2ccc3c(n2)C=C(c2nc4n(n2)CCCC4c2ccccc2C)C3)cn1.Cl. The van der Waals surface area contributed by atoms with E-state index in [9.17, 15) is 0 Å². The van der Waals surface area contributed by atoms with Crippen molar-refractivity contribution in [2.75, 3.05) is 0 Å². The summed E-state index contributed by atoms with van der Waals surface area (Å²) in [5.41, 5.74) is 7.04. The number of halogens is 1. The molecule has 1 unspecified atom stereocenters. The Morgan fingerprint density at radius 3 is 2.72 bits per heavy atom. The second-order valence-corrected chi connectivity index (χ2v) is 8.55. The molecule has 0 N–H and O–H groups in total. The number of hydrogen-bond acceptors (Lipinski definition) is 4. The van der Waals surface area contributed by atoms with Gasteiger partial charge in [-0.3, -0.25) is 4.57 Å². The minimum Gasteiger partial charge on any atom is -0.290 e. The second-order valence-electron chi connectivity index (χ2n) is 8.55. The largest absolute Gasteiger partial charge is 0.290 e. The van der Waals surface area contributed by atoms with Crippen molar-refractivity contribution in [3.05, 3.63) is 88.6 Å². The van der Waals surface area contributed by atoms with Crippen LogP contribution in [0.1, 0.15) is 58.5 Å². The van der Waals surface area contributed by atoms with Gasteiger partial charge in [-0.1, -0.05) is 30.3 Å². The monoisotopic (exact) mass is 444 g/mol. The summed E-state index contributed by atoms with van der Waals surface area (Å²) in [5.74, 6) is 3.13. The smallest absolute Gasteiger partial charge is 0.177 e. The van der Waals surface area contributed by atoms with Crippen LogP contribution in [0.4, 0.5) is 0 Å². The molecule has 0 amide bonds. The quantitative estimate of drug-likeness (QED) is 0.450. The molecule has 0 spiro atoms. The summed E-state index contributed by atoms with van der Waals surface area (Å²) in [6.07, 6.45) is 9.02. The van der Waals surface area contributed by atoms with Crippen LogP contribution in [0.2, 0.25) is 0 Å². The third-order valence-electron chi connectivity index (χ3n) is 6.39. The van der Waals surface area contributed by atoms with Crippen molar-refractivity contribution in [3.8, 4) is 5.82 Å². The molecule has 7 heteroatoms. The van der Waals surface area contributed by atoms with E-state index in [1.54, 1.807) is 6.33 Å². The number of aromatic nitrogens is 6. The van der Waals surface area contributed by atoms with Crippen LogP contribution >= 0.6 is 12.4 Å². The summed E-state index contributed by atoms with van der Waals surface area (Å²) in [6.45, 7) is 5.11. The molecule has 2 aliphatic rings. The van der Waals surface area contributed by atoms with Crippen LogP contribution in [0.5, 0.6) is 0 Å². The Bertz CT molecular complexity index is 1330. The number of rotatable bonds is 3. The molecule has 32 heavy (non-hydrogen) atoms. The van der Waals surface area contributed by atoms with Gasteiger partial charge in [0.25, 0.3) is 0 Å². The van der Waals surface area contributed by atoms with Gasteiger partial charge in [-0.05, 0) is 55.5 Å². The lowest BCUT2D eigenvalue weighted by Crippen LogP contribution is -2.18. The van der Waals surface area contributed by atoms with E-state index in [2.05, 4.69) is 59.1 Å². The Kier molecular flexibility index (Phi) is 5.18. The molecule has 3 aromatic heterocycles. The van der Waals surface area contributed by atoms with Gasteiger partial charge in [0.05, 0.1) is 11.4 Å². The van der Waals surface area contributed by atoms with Crippen LogP contribution in [0, 0.1) is 13.8 Å². The van der Waals surface area contributed by atoms with Crippen LogP contribution in [-0.4, -0.2) is 29.3 Å². The topological polar surface area (TPSA) is 61.4 Å². The van der Waals surface area contributed by atoms with Crippen molar-refractivity contribution < 1.29 is 0 Å². The van der Waals surface area contributed by atoms with Gasteiger partial charge in [0, 0.05) is 30.7 Å². The van der Waals surface area contributed by atoms with Gasteiger partial charge in [-0.15, -0.1) is 12.4 Å². The average molecular weight is 445 g/mol. The molecule has 1 aliphatic heterocycles. The van der Waals surface area contributed by atoms with E-state index < -0.39 is 0 Å². The zero-order valence-electron chi connectivity index (χ0n) is 18.2.